The van der Waals surface area contributed by atoms with Crippen LogP contribution in [0.1, 0.15) is 38.5 Å². The van der Waals surface area contributed by atoms with Gasteiger partial charge in [0.2, 0.25) is 0 Å². The summed E-state index contributed by atoms with van der Waals surface area (Å²) in [7, 11) is 0. The zero-order valence-corrected chi connectivity index (χ0v) is 19.6. The molecule has 0 aliphatic rings. The SMILES string of the molecule is O=C(O)CCCCCCCOc1nc(-c2ccccc2)c(-c2ccccc2)n1-c1ccccc1F.[NaH]. The first-order valence-electron chi connectivity index (χ1n) is 12.0. The summed E-state index contributed by atoms with van der Waals surface area (Å²) in [5.74, 6) is -1.11. The van der Waals surface area contributed by atoms with Gasteiger partial charge in [-0.3, -0.25) is 9.36 Å². The van der Waals surface area contributed by atoms with Crippen molar-refractivity contribution in [1.29, 1.82) is 0 Å². The van der Waals surface area contributed by atoms with E-state index >= 15 is 4.39 Å². The van der Waals surface area contributed by atoms with Gasteiger partial charge in [0.15, 0.2) is 0 Å². The molecule has 182 valence electrons. The Morgan fingerprint density at radius 2 is 1.39 bits per heavy atom. The van der Waals surface area contributed by atoms with E-state index in [0.717, 1.165) is 48.2 Å². The Balaban J connectivity index is 0.00000361. The number of hydrogen-bond acceptors (Lipinski definition) is 3. The van der Waals surface area contributed by atoms with Gasteiger partial charge in [-0.1, -0.05) is 92.1 Å². The second-order valence-electron chi connectivity index (χ2n) is 8.37. The number of para-hydroxylation sites is 1. The van der Waals surface area contributed by atoms with Crippen molar-refractivity contribution in [2.24, 2.45) is 0 Å². The Labute approximate surface area is 233 Å². The van der Waals surface area contributed by atoms with Crippen LogP contribution >= 0.6 is 0 Å². The van der Waals surface area contributed by atoms with E-state index in [4.69, 9.17) is 14.8 Å². The number of aromatic nitrogens is 2. The Hall–Kier alpha value is -2.93. The van der Waals surface area contributed by atoms with Crippen molar-refractivity contribution in [2.45, 2.75) is 38.5 Å². The molecule has 0 saturated carbocycles. The van der Waals surface area contributed by atoms with Crippen LogP contribution in [0.15, 0.2) is 84.9 Å². The van der Waals surface area contributed by atoms with Crippen LogP contribution in [-0.4, -0.2) is 56.8 Å². The second kappa shape index (κ2) is 14.0. The topological polar surface area (TPSA) is 64.3 Å². The van der Waals surface area contributed by atoms with Gasteiger partial charge in [-0.25, -0.2) is 4.39 Å². The van der Waals surface area contributed by atoms with Gasteiger partial charge in [0.1, 0.15) is 11.5 Å². The standard InChI is InChI=1S/C29H29FN2O3.Na.H/c30-24-18-11-12-19-25(24)32-28(23-16-8-5-9-17-23)27(22-14-6-4-7-15-22)31-29(32)35-21-13-3-1-2-10-20-26(33)34;;/h4-9,11-12,14-19H,1-3,10,13,20-21H2,(H,33,34);;. The number of carbonyl (C=O) groups is 1. The van der Waals surface area contributed by atoms with E-state index < -0.39 is 5.97 Å². The van der Waals surface area contributed by atoms with Gasteiger partial charge in [-0.15, -0.1) is 0 Å². The quantitative estimate of drug-likeness (QED) is 0.180. The van der Waals surface area contributed by atoms with Crippen molar-refractivity contribution in [3.05, 3.63) is 90.7 Å². The van der Waals surface area contributed by atoms with Gasteiger partial charge in [-0.05, 0) is 25.0 Å². The van der Waals surface area contributed by atoms with Gasteiger partial charge in [-0.2, -0.15) is 4.98 Å². The molecule has 1 aromatic heterocycles. The molecule has 5 nitrogen and oxygen atoms in total. The molecule has 0 aliphatic carbocycles. The number of rotatable bonds is 12. The molecule has 3 aromatic carbocycles. The van der Waals surface area contributed by atoms with E-state index in [1.807, 2.05) is 60.7 Å². The summed E-state index contributed by atoms with van der Waals surface area (Å²) in [4.78, 5) is 15.5. The summed E-state index contributed by atoms with van der Waals surface area (Å²) in [6.07, 6.45) is 4.46. The van der Waals surface area contributed by atoms with Crippen LogP contribution in [0.4, 0.5) is 4.39 Å². The number of ether oxygens (including phenoxy) is 1. The van der Waals surface area contributed by atoms with E-state index in [9.17, 15) is 4.79 Å². The first-order chi connectivity index (χ1) is 17.1. The summed E-state index contributed by atoms with van der Waals surface area (Å²) in [6, 6.07) is 26.6. The summed E-state index contributed by atoms with van der Waals surface area (Å²) in [6.45, 7) is 0.437. The van der Waals surface area contributed by atoms with Crippen LogP contribution in [-0.2, 0) is 4.79 Å². The predicted octanol–water partition coefficient (Wildman–Crippen LogP) is 6.50. The van der Waals surface area contributed by atoms with Crippen molar-refractivity contribution >= 4 is 35.5 Å². The molecule has 0 atom stereocenters. The minimum atomic E-state index is -0.753. The molecule has 4 rings (SSSR count). The third kappa shape index (κ3) is 7.06. The molecule has 0 radical (unpaired) electrons. The van der Waals surface area contributed by atoms with Gasteiger partial charge >= 0.3 is 41.5 Å². The fraction of sp³-hybridized carbons (Fsp3) is 0.241. The normalized spacial score (nSPS) is 10.6. The van der Waals surface area contributed by atoms with Crippen molar-refractivity contribution in [3.8, 4) is 34.2 Å². The molecule has 0 aliphatic heterocycles. The van der Waals surface area contributed by atoms with Crippen LogP contribution in [0.3, 0.4) is 0 Å². The van der Waals surface area contributed by atoms with Crippen LogP contribution in [0.25, 0.3) is 28.2 Å². The van der Waals surface area contributed by atoms with Crippen LogP contribution in [0, 0.1) is 5.82 Å². The van der Waals surface area contributed by atoms with E-state index in [1.165, 1.54) is 6.07 Å². The third-order valence-corrected chi connectivity index (χ3v) is 5.80. The van der Waals surface area contributed by atoms with E-state index in [2.05, 4.69) is 0 Å². The number of hydrogen-bond donors (Lipinski definition) is 1. The van der Waals surface area contributed by atoms with Crippen LogP contribution < -0.4 is 4.74 Å². The second-order valence-corrected chi connectivity index (χ2v) is 8.37. The Morgan fingerprint density at radius 3 is 2.06 bits per heavy atom. The fourth-order valence-corrected chi connectivity index (χ4v) is 4.08. The van der Waals surface area contributed by atoms with Crippen molar-refractivity contribution in [1.82, 2.24) is 9.55 Å². The molecule has 0 fully saturated rings. The molecule has 0 spiro atoms. The van der Waals surface area contributed by atoms with E-state index in [1.54, 1.807) is 22.8 Å². The zero-order valence-electron chi connectivity index (χ0n) is 19.6. The number of imidazole rings is 1. The molecule has 7 heteroatoms. The van der Waals surface area contributed by atoms with Gasteiger partial charge < -0.3 is 9.84 Å². The first-order valence-corrected chi connectivity index (χ1v) is 12.0. The third-order valence-electron chi connectivity index (χ3n) is 5.80. The van der Waals surface area contributed by atoms with Crippen LogP contribution in [0.2, 0.25) is 0 Å². The van der Waals surface area contributed by atoms with Crippen LogP contribution in [0.5, 0.6) is 6.01 Å². The average molecular weight is 497 g/mol. The number of carboxylic acid groups (broad SMARTS) is 1. The Kier molecular flexibility index (Phi) is 10.7. The molecular formula is C29H30FN2NaO3. The predicted molar refractivity (Wildman–Crippen MR) is 142 cm³/mol. The van der Waals surface area contributed by atoms with Gasteiger partial charge in [0.25, 0.3) is 0 Å². The average Bonchev–Trinajstić information content (AvgIpc) is 3.26. The molecule has 0 unspecified atom stereocenters. The summed E-state index contributed by atoms with van der Waals surface area (Å²) >= 11 is 0. The zero-order chi connectivity index (χ0) is 24.5. The number of aliphatic carboxylic acids is 1. The first kappa shape index (κ1) is 27.7. The maximum absolute atomic E-state index is 15.0. The van der Waals surface area contributed by atoms with Gasteiger partial charge in [0.05, 0.1) is 18.0 Å². The maximum atomic E-state index is 15.0. The Bertz CT molecular complexity index is 1250. The fourth-order valence-electron chi connectivity index (χ4n) is 4.08. The number of unbranched alkanes of at least 4 members (excludes halogenated alkanes) is 4. The molecule has 0 bridgehead atoms. The van der Waals surface area contributed by atoms with Crippen molar-refractivity contribution in [3.63, 3.8) is 0 Å². The molecule has 1 N–H and O–H groups in total. The van der Waals surface area contributed by atoms with Crippen molar-refractivity contribution in [2.75, 3.05) is 6.61 Å². The number of nitrogens with zero attached hydrogens (tertiary/aromatic N) is 2. The monoisotopic (exact) mass is 496 g/mol. The Morgan fingerprint density at radius 1 is 0.806 bits per heavy atom. The molecular weight excluding hydrogens is 466 g/mol. The summed E-state index contributed by atoms with van der Waals surface area (Å²) in [5.41, 5.74) is 3.71. The summed E-state index contributed by atoms with van der Waals surface area (Å²) < 4.78 is 22.9. The molecule has 0 saturated heterocycles. The van der Waals surface area contributed by atoms with E-state index in [0.29, 0.717) is 24.7 Å². The number of carboxylic acids is 1. The molecule has 1 heterocycles. The number of benzene rings is 3. The summed E-state index contributed by atoms with van der Waals surface area (Å²) in [5, 5.41) is 8.75. The number of halogens is 1. The minimum absolute atomic E-state index is 0. The van der Waals surface area contributed by atoms with Crippen molar-refractivity contribution < 1.29 is 19.0 Å². The molecule has 36 heavy (non-hydrogen) atoms. The molecule has 4 aromatic rings. The van der Waals surface area contributed by atoms with Gasteiger partial charge in [0, 0.05) is 17.5 Å². The molecule has 0 amide bonds. The van der Waals surface area contributed by atoms with E-state index in [-0.39, 0.29) is 41.8 Å².